The molecule has 1 aliphatic heterocycles. The molecule has 1 aliphatic carbocycles. The highest BCUT2D eigenvalue weighted by molar-refractivity contribution is 6.16. The number of ether oxygens (including phenoxy) is 1. The van der Waals surface area contributed by atoms with Crippen molar-refractivity contribution in [1.82, 2.24) is 0 Å². The number of hydrogen-bond donors (Lipinski definition) is 0. The Morgan fingerprint density at radius 3 is 2.62 bits per heavy atom. The van der Waals surface area contributed by atoms with Gasteiger partial charge < -0.3 is 4.74 Å². The fraction of sp³-hybridized carbons (Fsp3) is 0.304. The van der Waals surface area contributed by atoms with Gasteiger partial charge in [-0.3, -0.25) is 9.79 Å². The molecule has 2 aliphatic rings. The van der Waals surface area contributed by atoms with Gasteiger partial charge in [-0.1, -0.05) is 50.1 Å². The molecule has 0 N–H and O–H groups in total. The fourth-order valence-electron chi connectivity index (χ4n) is 4.31. The number of carbonyl (C=O) groups is 1. The predicted octanol–water partition coefficient (Wildman–Crippen LogP) is 5.12. The smallest absolute Gasteiger partial charge is 0.160 e. The van der Waals surface area contributed by atoms with Crippen molar-refractivity contribution in [3.8, 4) is 5.75 Å². The van der Waals surface area contributed by atoms with Gasteiger partial charge in [-0.05, 0) is 47.4 Å². The predicted molar refractivity (Wildman–Crippen MR) is 105 cm³/mol. The molecule has 1 spiro atoms. The minimum Gasteiger partial charge on any atom is -0.497 e. The third kappa shape index (κ3) is 2.42. The Labute approximate surface area is 154 Å². The van der Waals surface area contributed by atoms with E-state index in [9.17, 15) is 4.79 Å². The van der Waals surface area contributed by atoms with Gasteiger partial charge in [0, 0.05) is 12.1 Å². The zero-order valence-corrected chi connectivity index (χ0v) is 15.2. The van der Waals surface area contributed by atoms with Gasteiger partial charge in [0.1, 0.15) is 5.75 Å². The summed E-state index contributed by atoms with van der Waals surface area (Å²) >= 11 is 0. The Bertz CT molecular complexity index is 895. The summed E-state index contributed by atoms with van der Waals surface area (Å²) in [5.41, 5.74) is 3.79. The summed E-state index contributed by atoms with van der Waals surface area (Å²) in [6.07, 6.45) is 6.86. The second kappa shape index (κ2) is 6.56. The lowest BCUT2D eigenvalue weighted by molar-refractivity contribution is -0.118. The minimum absolute atomic E-state index is 0.0769. The number of carbonyl (C=O) groups excluding carboxylic acids is 1. The van der Waals surface area contributed by atoms with Gasteiger partial charge in [0.15, 0.2) is 5.78 Å². The zero-order chi connectivity index (χ0) is 18.1. The average Bonchev–Trinajstić information content (AvgIpc) is 3.20. The molecule has 0 saturated carbocycles. The molecule has 2 aromatic carbocycles. The first kappa shape index (κ1) is 16.8. The highest BCUT2D eigenvalue weighted by atomic mass is 16.5. The average molecular weight is 345 g/mol. The summed E-state index contributed by atoms with van der Waals surface area (Å²) in [4.78, 5) is 17.7. The molecule has 3 nitrogen and oxygen atoms in total. The number of ketones is 1. The Balaban J connectivity index is 1.86. The number of rotatable bonds is 5. The summed E-state index contributed by atoms with van der Waals surface area (Å²) in [5.74, 6) is 0.954. The number of methoxy groups -OCH3 is 1. The van der Waals surface area contributed by atoms with Crippen LogP contribution in [0, 0.1) is 5.92 Å². The Morgan fingerprint density at radius 2 is 1.88 bits per heavy atom. The Kier molecular flexibility index (Phi) is 4.23. The van der Waals surface area contributed by atoms with Crippen LogP contribution in [0.3, 0.4) is 0 Å². The largest absolute Gasteiger partial charge is 0.497 e. The number of para-hydroxylation sites is 1. The van der Waals surface area contributed by atoms with Crippen molar-refractivity contribution >= 4 is 23.3 Å². The third-order valence-electron chi connectivity index (χ3n) is 5.63. The van der Waals surface area contributed by atoms with Crippen LogP contribution in [0.5, 0.6) is 5.75 Å². The summed E-state index contributed by atoms with van der Waals surface area (Å²) in [6, 6.07) is 16.2. The number of allylic oxidation sites excluding steroid dienone is 2. The monoisotopic (exact) mass is 345 g/mol. The van der Waals surface area contributed by atoms with Crippen molar-refractivity contribution in [2.75, 3.05) is 7.11 Å². The fourth-order valence-corrected chi connectivity index (χ4v) is 4.31. The summed E-state index contributed by atoms with van der Waals surface area (Å²) in [7, 11) is 1.66. The van der Waals surface area contributed by atoms with Crippen molar-refractivity contribution in [1.29, 1.82) is 0 Å². The van der Waals surface area contributed by atoms with Crippen molar-refractivity contribution in [2.45, 2.75) is 31.6 Å². The second-order valence-electron chi connectivity index (χ2n) is 7.03. The van der Waals surface area contributed by atoms with Gasteiger partial charge in [-0.2, -0.15) is 0 Å². The molecule has 2 unspecified atom stereocenters. The maximum atomic E-state index is 13.0. The summed E-state index contributed by atoms with van der Waals surface area (Å²) < 4.78 is 5.29. The first-order valence-corrected chi connectivity index (χ1v) is 9.26. The van der Waals surface area contributed by atoms with E-state index >= 15 is 0 Å². The van der Waals surface area contributed by atoms with Crippen LogP contribution in [-0.2, 0) is 10.2 Å². The lowest BCUT2D eigenvalue weighted by Gasteiger charge is -2.32. The molecule has 3 heteroatoms. The van der Waals surface area contributed by atoms with Crippen molar-refractivity contribution in [3.63, 3.8) is 0 Å². The van der Waals surface area contributed by atoms with Crippen LogP contribution in [0.15, 0.2) is 59.6 Å². The topological polar surface area (TPSA) is 38.7 Å². The Hall–Kier alpha value is -2.68. The summed E-state index contributed by atoms with van der Waals surface area (Å²) in [6.45, 7) is 2.17. The lowest BCUT2D eigenvalue weighted by Crippen LogP contribution is -2.35. The second-order valence-corrected chi connectivity index (χ2v) is 7.03. The van der Waals surface area contributed by atoms with E-state index in [1.165, 1.54) is 0 Å². The van der Waals surface area contributed by atoms with E-state index in [-0.39, 0.29) is 11.7 Å². The summed E-state index contributed by atoms with van der Waals surface area (Å²) in [5, 5.41) is 0. The standard InChI is InChI=1S/C23H23NO2/c1-3-4-7-19-22(25)14-20(16-10-12-17(26-2)13-11-16)23(19)15-24-21-9-6-5-8-18(21)23/h5-6,8-15,19H,3-4,7H2,1-2H3. The maximum Gasteiger partial charge on any atom is 0.160 e. The molecule has 26 heavy (non-hydrogen) atoms. The van der Waals surface area contributed by atoms with Crippen LogP contribution in [0.4, 0.5) is 5.69 Å². The zero-order valence-electron chi connectivity index (χ0n) is 15.2. The normalized spacial score (nSPS) is 23.4. The molecule has 0 saturated heterocycles. The van der Waals surface area contributed by atoms with Crippen molar-refractivity contribution in [2.24, 2.45) is 10.9 Å². The molecule has 2 atom stereocenters. The van der Waals surface area contributed by atoms with E-state index in [2.05, 4.69) is 13.0 Å². The molecule has 1 heterocycles. The van der Waals surface area contributed by atoms with Crippen LogP contribution >= 0.6 is 0 Å². The van der Waals surface area contributed by atoms with E-state index in [1.54, 1.807) is 7.11 Å². The number of fused-ring (bicyclic) bond motifs is 2. The number of hydrogen-bond acceptors (Lipinski definition) is 3. The highest BCUT2D eigenvalue weighted by Crippen LogP contribution is 2.55. The van der Waals surface area contributed by atoms with E-state index in [4.69, 9.17) is 9.73 Å². The lowest BCUT2D eigenvalue weighted by atomic mass is 9.67. The SMILES string of the molecule is CCCCC1C(=O)C=C(c2ccc(OC)cc2)C12C=Nc1ccccc12. The molecular weight excluding hydrogens is 322 g/mol. The van der Waals surface area contributed by atoms with Gasteiger partial charge >= 0.3 is 0 Å². The molecule has 4 rings (SSSR count). The number of unbranched alkanes of at least 4 members (excludes halogenated alkanes) is 1. The van der Waals surface area contributed by atoms with Crippen LogP contribution in [-0.4, -0.2) is 19.1 Å². The Morgan fingerprint density at radius 1 is 1.12 bits per heavy atom. The van der Waals surface area contributed by atoms with Crippen LogP contribution in [0.25, 0.3) is 5.57 Å². The highest BCUT2D eigenvalue weighted by Gasteiger charge is 2.52. The molecular formula is C23H23NO2. The number of aliphatic imine (C=N–C) groups is 1. The van der Waals surface area contributed by atoms with E-state index < -0.39 is 5.41 Å². The quantitative estimate of drug-likeness (QED) is 0.754. The molecule has 0 radical (unpaired) electrons. The maximum absolute atomic E-state index is 13.0. The van der Waals surface area contributed by atoms with Gasteiger partial charge in [0.05, 0.1) is 18.2 Å². The van der Waals surface area contributed by atoms with E-state index in [1.807, 2.05) is 54.8 Å². The minimum atomic E-state index is -0.447. The van der Waals surface area contributed by atoms with Crippen molar-refractivity contribution in [3.05, 3.63) is 65.7 Å². The molecule has 0 aromatic heterocycles. The molecule has 2 aromatic rings. The van der Waals surface area contributed by atoms with Gasteiger partial charge in [0.2, 0.25) is 0 Å². The van der Waals surface area contributed by atoms with Crippen LogP contribution in [0.2, 0.25) is 0 Å². The first-order chi connectivity index (χ1) is 12.7. The first-order valence-electron chi connectivity index (χ1n) is 9.26. The van der Waals surface area contributed by atoms with Crippen LogP contribution < -0.4 is 4.74 Å². The third-order valence-corrected chi connectivity index (χ3v) is 5.63. The van der Waals surface area contributed by atoms with E-state index in [0.29, 0.717) is 0 Å². The van der Waals surface area contributed by atoms with Gasteiger partial charge in [0.25, 0.3) is 0 Å². The molecule has 132 valence electrons. The molecule has 0 amide bonds. The number of nitrogens with zero attached hydrogens (tertiary/aromatic N) is 1. The van der Waals surface area contributed by atoms with Crippen molar-refractivity contribution < 1.29 is 9.53 Å². The van der Waals surface area contributed by atoms with Gasteiger partial charge in [-0.15, -0.1) is 0 Å². The van der Waals surface area contributed by atoms with Crippen LogP contribution in [0.1, 0.15) is 37.3 Å². The van der Waals surface area contributed by atoms with E-state index in [0.717, 1.165) is 47.4 Å². The van der Waals surface area contributed by atoms with Gasteiger partial charge in [-0.25, -0.2) is 0 Å². The molecule has 0 bridgehead atoms. The number of benzene rings is 2. The molecule has 0 fully saturated rings.